The zero-order valence-corrected chi connectivity index (χ0v) is 8.70. The molecule has 1 aliphatic rings. The van der Waals surface area contributed by atoms with E-state index < -0.39 is 36.7 Å². The van der Waals surface area contributed by atoms with Crippen LogP contribution in [-0.4, -0.2) is 35.7 Å². The summed E-state index contributed by atoms with van der Waals surface area (Å²) in [5.41, 5.74) is 0. The highest BCUT2D eigenvalue weighted by atomic mass is 19.3. The van der Waals surface area contributed by atoms with Gasteiger partial charge < -0.3 is 0 Å². The first-order chi connectivity index (χ1) is 7.47. The topological polar surface area (TPSA) is 66.5 Å². The van der Waals surface area contributed by atoms with Gasteiger partial charge in [-0.15, -0.1) is 0 Å². The van der Waals surface area contributed by atoms with Crippen LogP contribution >= 0.6 is 0 Å². The van der Waals surface area contributed by atoms with E-state index in [-0.39, 0.29) is 6.42 Å². The Bertz CT molecular complexity index is 320. The summed E-state index contributed by atoms with van der Waals surface area (Å²) in [4.78, 5) is 34.4. The van der Waals surface area contributed by atoms with Crippen LogP contribution in [0.15, 0.2) is 0 Å². The molecule has 16 heavy (non-hydrogen) atoms. The van der Waals surface area contributed by atoms with Crippen molar-refractivity contribution < 1.29 is 23.2 Å². The summed E-state index contributed by atoms with van der Waals surface area (Å²) >= 11 is 0. The Morgan fingerprint density at radius 2 is 2.00 bits per heavy atom. The van der Waals surface area contributed by atoms with Gasteiger partial charge in [0.25, 0.3) is 6.43 Å². The van der Waals surface area contributed by atoms with Gasteiger partial charge in [-0.25, -0.2) is 13.6 Å². The average Bonchev–Trinajstić information content (AvgIpc) is 2.19. The minimum atomic E-state index is -2.80. The molecule has 0 bridgehead atoms. The number of alkyl halides is 2. The van der Waals surface area contributed by atoms with E-state index in [9.17, 15) is 23.2 Å². The van der Waals surface area contributed by atoms with Crippen molar-refractivity contribution in [1.82, 2.24) is 10.2 Å². The van der Waals surface area contributed by atoms with E-state index in [0.29, 0.717) is 11.3 Å². The number of imide groups is 2. The molecular formula is C9H12F2N2O3. The van der Waals surface area contributed by atoms with Crippen molar-refractivity contribution in [2.45, 2.75) is 26.2 Å². The number of carbonyl (C=O) groups excluding carboxylic acids is 3. The van der Waals surface area contributed by atoms with Crippen LogP contribution in [0.2, 0.25) is 0 Å². The molecule has 90 valence electrons. The molecule has 1 N–H and O–H groups in total. The predicted octanol–water partition coefficient (Wildman–Crippen LogP) is 0.746. The highest BCUT2D eigenvalue weighted by molar-refractivity contribution is 6.16. The second-order valence-corrected chi connectivity index (χ2v) is 3.48. The van der Waals surface area contributed by atoms with Crippen molar-refractivity contribution in [2.24, 2.45) is 5.92 Å². The predicted molar refractivity (Wildman–Crippen MR) is 49.7 cm³/mol. The molecule has 0 aromatic heterocycles. The molecule has 0 aliphatic carbocycles. The van der Waals surface area contributed by atoms with Gasteiger partial charge in [-0.1, -0.05) is 13.3 Å². The second-order valence-electron chi connectivity index (χ2n) is 3.48. The molecule has 1 aliphatic heterocycles. The molecule has 1 rings (SSSR count). The minimum Gasteiger partial charge on any atom is -0.277 e. The summed E-state index contributed by atoms with van der Waals surface area (Å²) in [5, 5.41) is 1.89. The quantitative estimate of drug-likeness (QED) is 0.730. The van der Waals surface area contributed by atoms with Crippen LogP contribution in [0, 0.1) is 5.92 Å². The maximum atomic E-state index is 12.1. The molecule has 0 aromatic rings. The van der Waals surface area contributed by atoms with Crippen LogP contribution in [0.5, 0.6) is 0 Å². The van der Waals surface area contributed by atoms with Crippen LogP contribution in [0.4, 0.5) is 13.6 Å². The monoisotopic (exact) mass is 234 g/mol. The fourth-order valence-electron chi connectivity index (χ4n) is 1.51. The number of carbonyl (C=O) groups is 3. The summed E-state index contributed by atoms with van der Waals surface area (Å²) < 4.78 is 24.2. The van der Waals surface area contributed by atoms with E-state index in [2.05, 4.69) is 0 Å². The molecule has 0 radical (unpaired) electrons. The lowest BCUT2D eigenvalue weighted by Crippen LogP contribution is -2.58. The third-order valence-corrected chi connectivity index (χ3v) is 2.25. The van der Waals surface area contributed by atoms with Crippen molar-refractivity contribution in [3.63, 3.8) is 0 Å². The number of nitrogens with zero attached hydrogens (tertiary/aromatic N) is 1. The Balaban J connectivity index is 2.81. The Labute approximate surface area is 90.8 Å². The van der Waals surface area contributed by atoms with Crippen molar-refractivity contribution in [3.05, 3.63) is 0 Å². The minimum absolute atomic E-state index is 0.248. The Morgan fingerprint density at radius 3 is 2.50 bits per heavy atom. The van der Waals surface area contributed by atoms with Crippen LogP contribution < -0.4 is 5.32 Å². The SMILES string of the molecule is CCCC1C(=O)NC(=O)N(CC(F)F)C1=O. The summed E-state index contributed by atoms with van der Waals surface area (Å²) in [5.74, 6) is -2.57. The fourth-order valence-corrected chi connectivity index (χ4v) is 1.51. The Kier molecular flexibility index (Phi) is 3.92. The maximum Gasteiger partial charge on any atom is 0.330 e. The van der Waals surface area contributed by atoms with E-state index >= 15 is 0 Å². The normalized spacial score (nSPS) is 21.6. The summed E-state index contributed by atoms with van der Waals surface area (Å²) in [6.45, 7) is 0.784. The van der Waals surface area contributed by atoms with E-state index in [4.69, 9.17) is 0 Å². The van der Waals surface area contributed by atoms with Gasteiger partial charge in [-0.3, -0.25) is 19.8 Å². The first-order valence-corrected chi connectivity index (χ1v) is 4.91. The number of rotatable bonds is 4. The largest absolute Gasteiger partial charge is 0.330 e. The fraction of sp³-hybridized carbons (Fsp3) is 0.667. The summed E-state index contributed by atoms with van der Waals surface area (Å²) in [7, 11) is 0. The molecule has 1 saturated heterocycles. The van der Waals surface area contributed by atoms with E-state index in [0.717, 1.165) is 0 Å². The number of urea groups is 1. The van der Waals surface area contributed by atoms with Gasteiger partial charge in [0.05, 0.1) is 6.54 Å². The lowest BCUT2D eigenvalue weighted by atomic mass is 9.99. The zero-order chi connectivity index (χ0) is 12.3. The molecule has 0 saturated carbocycles. The standard InChI is InChI=1S/C9H12F2N2O3/c1-2-3-5-7(14)12-9(16)13(8(5)15)4-6(10)11/h5-6H,2-4H2,1H3,(H,12,14,16). The van der Waals surface area contributed by atoms with Gasteiger partial charge in [-0.05, 0) is 6.42 Å². The summed E-state index contributed by atoms with van der Waals surface area (Å²) in [6.07, 6.45) is -2.00. The maximum absolute atomic E-state index is 12.1. The Hall–Kier alpha value is -1.53. The molecule has 5 nitrogen and oxygen atoms in total. The van der Waals surface area contributed by atoms with Gasteiger partial charge >= 0.3 is 6.03 Å². The number of barbiturate groups is 1. The first kappa shape index (κ1) is 12.5. The van der Waals surface area contributed by atoms with Crippen LogP contribution in [0.3, 0.4) is 0 Å². The molecule has 4 amide bonds. The van der Waals surface area contributed by atoms with Crippen LogP contribution in [0.1, 0.15) is 19.8 Å². The molecule has 1 atom stereocenters. The van der Waals surface area contributed by atoms with Crippen molar-refractivity contribution in [3.8, 4) is 0 Å². The molecular weight excluding hydrogens is 222 g/mol. The summed E-state index contributed by atoms with van der Waals surface area (Å²) in [6, 6.07) is -1.07. The third-order valence-electron chi connectivity index (χ3n) is 2.25. The first-order valence-electron chi connectivity index (χ1n) is 4.91. The van der Waals surface area contributed by atoms with Crippen molar-refractivity contribution in [2.75, 3.05) is 6.54 Å². The van der Waals surface area contributed by atoms with E-state index in [1.54, 1.807) is 6.92 Å². The highest BCUT2D eigenvalue weighted by Gasteiger charge is 2.40. The van der Waals surface area contributed by atoms with Gasteiger partial charge in [0.15, 0.2) is 0 Å². The van der Waals surface area contributed by atoms with Gasteiger partial charge in [-0.2, -0.15) is 0 Å². The molecule has 0 spiro atoms. The number of hydrogen-bond donors (Lipinski definition) is 1. The number of halogens is 2. The highest BCUT2D eigenvalue weighted by Crippen LogP contribution is 2.16. The smallest absolute Gasteiger partial charge is 0.277 e. The van der Waals surface area contributed by atoms with Gasteiger partial charge in [0.1, 0.15) is 5.92 Å². The number of nitrogens with one attached hydrogen (secondary N) is 1. The second kappa shape index (κ2) is 5.00. The Morgan fingerprint density at radius 1 is 1.38 bits per heavy atom. The molecule has 7 heteroatoms. The van der Waals surface area contributed by atoms with Gasteiger partial charge in [0, 0.05) is 0 Å². The van der Waals surface area contributed by atoms with Crippen molar-refractivity contribution >= 4 is 17.8 Å². The van der Waals surface area contributed by atoms with Crippen LogP contribution in [-0.2, 0) is 9.59 Å². The van der Waals surface area contributed by atoms with Crippen LogP contribution in [0.25, 0.3) is 0 Å². The lowest BCUT2D eigenvalue weighted by molar-refractivity contribution is -0.144. The van der Waals surface area contributed by atoms with Crippen molar-refractivity contribution in [1.29, 1.82) is 0 Å². The molecule has 1 fully saturated rings. The average molecular weight is 234 g/mol. The molecule has 0 aromatic carbocycles. The lowest BCUT2D eigenvalue weighted by Gasteiger charge is -2.29. The zero-order valence-electron chi connectivity index (χ0n) is 8.70. The van der Waals surface area contributed by atoms with E-state index in [1.165, 1.54) is 0 Å². The molecule has 1 heterocycles. The third kappa shape index (κ3) is 2.53. The number of hydrogen-bond acceptors (Lipinski definition) is 3. The number of amides is 4. The van der Waals surface area contributed by atoms with E-state index in [1.807, 2.05) is 5.32 Å². The van der Waals surface area contributed by atoms with Gasteiger partial charge in [0.2, 0.25) is 11.8 Å². The molecule has 1 unspecified atom stereocenters.